The van der Waals surface area contributed by atoms with E-state index in [1.165, 1.54) is 6.92 Å². The molecule has 1 rings (SSSR count). The van der Waals surface area contributed by atoms with E-state index in [1.807, 2.05) is 0 Å². The van der Waals surface area contributed by atoms with E-state index in [0.29, 0.717) is 6.42 Å². The van der Waals surface area contributed by atoms with Crippen LogP contribution in [0.25, 0.3) is 0 Å². The van der Waals surface area contributed by atoms with Crippen LogP contribution in [0.1, 0.15) is 20.3 Å². The molecule has 0 aromatic heterocycles. The van der Waals surface area contributed by atoms with E-state index in [-0.39, 0.29) is 5.92 Å². The van der Waals surface area contributed by atoms with Gasteiger partial charge in [0.15, 0.2) is 0 Å². The molecule has 1 saturated carbocycles. The molecule has 0 heterocycles. The fourth-order valence-corrected chi connectivity index (χ4v) is 0.972. The molecule has 3 heteroatoms. The van der Waals surface area contributed by atoms with Crippen LogP contribution in [0.15, 0.2) is 0 Å². The highest BCUT2D eigenvalue weighted by Gasteiger charge is 2.64. The molecule has 1 aliphatic carbocycles. The van der Waals surface area contributed by atoms with Crippen LogP contribution in [0.3, 0.4) is 0 Å². The highest BCUT2D eigenvalue weighted by molar-refractivity contribution is 5.01. The van der Waals surface area contributed by atoms with Gasteiger partial charge in [-0.1, -0.05) is 13.8 Å². The molecular weight excluding hydrogens is 129 g/mol. The fourth-order valence-electron chi connectivity index (χ4n) is 0.972. The lowest BCUT2D eigenvalue weighted by molar-refractivity contribution is -0.185. The van der Waals surface area contributed by atoms with Crippen LogP contribution >= 0.6 is 0 Å². The zero-order chi connectivity index (χ0) is 7.28. The molecule has 0 amide bonds. The number of hydrogen-bond donors (Lipinski definition) is 0. The molecule has 1 aliphatic rings. The molecule has 1 unspecified atom stereocenters. The van der Waals surface area contributed by atoms with E-state index in [1.54, 1.807) is 6.92 Å². The second-order valence-electron chi connectivity index (χ2n) is 3.02. The third-order valence-electron chi connectivity index (χ3n) is 2.31. The lowest BCUT2D eigenvalue weighted by atomic mass is 10.1. The van der Waals surface area contributed by atoms with Gasteiger partial charge in [0.1, 0.15) is 0 Å². The average molecular weight is 138 g/mol. The highest BCUT2D eigenvalue weighted by Crippen LogP contribution is 2.61. The summed E-state index contributed by atoms with van der Waals surface area (Å²) < 4.78 is 35.6. The second kappa shape index (κ2) is 1.44. The van der Waals surface area contributed by atoms with Crippen molar-refractivity contribution in [2.45, 2.75) is 26.4 Å². The van der Waals surface area contributed by atoms with Crippen molar-refractivity contribution in [3.63, 3.8) is 0 Å². The van der Waals surface area contributed by atoms with Crippen LogP contribution in [-0.4, -0.2) is 6.18 Å². The van der Waals surface area contributed by atoms with Crippen molar-refractivity contribution < 1.29 is 13.2 Å². The Bertz CT molecular complexity index is 127. The average Bonchev–Trinajstić information content (AvgIpc) is 2.13. The molecule has 0 bridgehead atoms. The van der Waals surface area contributed by atoms with Gasteiger partial charge in [-0.25, -0.2) is 0 Å². The van der Waals surface area contributed by atoms with Gasteiger partial charge in [0.25, 0.3) is 0 Å². The predicted molar refractivity (Wildman–Crippen MR) is 27.9 cm³/mol. The van der Waals surface area contributed by atoms with Gasteiger partial charge >= 0.3 is 6.18 Å². The zero-order valence-electron chi connectivity index (χ0n) is 5.42. The normalized spacial score (nSPS) is 43.0. The Kier molecular flexibility index (Phi) is 1.10. The first-order chi connectivity index (χ1) is 3.88. The summed E-state index contributed by atoms with van der Waals surface area (Å²) in [7, 11) is 0. The van der Waals surface area contributed by atoms with E-state index >= 15 is 0 Å². The molecular formula is C6H9F3. The van der Waals surface area contributed by atoms with Crippen LogP contribution in [-0.2, 0) is 0 Å². The van der Waals surface area contributed by atoms with Crippen molar-refractivity contribution in [2.24, 2.45) is 11.3 Å². The SMILES string of the molecule is C[C@H]1CC1(C)C(F)(F)F. The van der Waals surface area contributed by atoms with E-state index < -0.39 is 11.6 Å². The molecule has 0 aliphatic heterocycles. The first-order valence-corrected chi connectivity index (χ1v) is 2.94. The van der Waals surface area contributed by atoms with Crippen molar-refractivity contribution >= 4 is 0 Å². The molecule has 0 spiro atoms. The van der Waals surface area contributed by atoms with Gasteiger partial charge in [-0.3, -0.25) is 0 Å². The molecule has 0 aromatic carbocycles. The van der Waals surface area contributed by atoms with Crippen molar-refractivity contribution in [3.8, 4) is 0 Å². The van der Waals surface area contributed by atoms with Crippen LogP contribution in [0.2, 0.25) is 0 Å². The Balaban J connectivity index is 2.64. The highest BCUT2D eigenvalue weighted by atomic mass is 19.4. The third-order valence-corrected chi connectivity index (χ3v) is 2.31. The van der Waals surface area contributed by atoms with E-state index in [0.717, 1.165) is 0 Å². The van der Waals surface area contributed by atoms with Gasteiger partial charge in [0.05, 0.1) is 5.41 Å². The van der Waals surface area contributed by atoms with Crippen LogP contribution < -0.4 is 0 Å². The largest absolute Gasteiger partial charge is 0.394 e. The molecule has 0 saturated heterocycles. The topological polar surface area (TPSA) is 0 Å². The molecule has 54 valence electrons. The second-order valence-corrected chi connectivity index (χ2v) is 3.02. The van der Waals surface area contributed by atoms with Gasteiger partial charge in [0, 0.05) is 0 Å². The number of hydrogen-bond acceptors (Lipinski definition) is 0. The predicted octanol–water partition coefficient (Wildman–Crippen LogP) is 2.59. The quantitative estimate of drug-likeness (QED) is 0.482. The van der Waals surface area contributed by atoms with Crippen molar-refractivity contribution in [1.82, 2.24) is 0 Å². The summed E-state index contributed by atoms with van der Waals surface area (Å²) >= 11 is 0. The first kappa shape index (κ1) is 6.90. The van der Waals surface area contributed by atoms with Crippen LogP contribution in [0.4, 0.5) is 13.2 Å². The Morgan fingerprint density at radius 2 is 1.78 bits per heavy atom. The standard InChI is InChI=1S/C6H9F3/c1-4-3-5(4,2)6(7,8)9/h4H,3H2,1-2H3/t4-,5?/m0/s1. The summed E-state index contributed by atoms with van der Waals surface area (Å²) in [5.41, 5.74) is -1.35. The molecule has 9 heavy (non-hydrogen) atoms. The van der Waals surface area contributed by atoms with E-state index in [2.05, 4.69) is 0 Å². The Morgan fingerprint density at radius 1 is 1.44 bits per heavy atom. The fraction of sp³-hybridized carbons (Fsp3) is 1.00. The summed E-state index contributed by atoms with van der Waals surface area (Å²) in [5.74, 6) is -0.169. The summed E-state index contributed by atoms with van der Waals surface area (Å²) in [6.45, 7) is 2.91. The molecule has 0 N–H and O–H groups in total. The summed E-state index contributed by atoms with van der Waals surface area (Å²) in [5, 5.41) is 0. The van der Waals surface area contributed by atoms with Gasteiger partial charge in [0.2, 0.25) is 0 Å². The monoisotopic (exact) mass is 138 g/mol. The summed E-state index contributed by atoms with van der Waals surface area (Å²) in [4.78, 5) is 0. The Labute approximate surface area is 52.1 Å². The number of rotatable bonds is 0. The van der Waals surface area contributed by atoms with Crippen molar-refractivity contribution in [2.75, 3.05) is 0 Å². The maximum absolute atomic E-state index is 11.9. The Hall–Kier alpha value is -0.210. The van der Waals surface area contributed by atoms with Crippen molar-refractivity contribution in [3.05, 3.63) is 0 Å². The summed E-state index contributed by atoms with van der Waals surface area (Å²) in [6.07, 6.45) is -3.68. The van der Waals surface area contributed by atoms with E-state index in [9.17, 15) is 13.2 Å². The minimum Gasteiger partial charge on any atom is -0.171 e. The maximum Gasteiger partial charge on any atom is 0.394 e. The minimum atomic E-state index is -3.98. The van der Waals surface area contributed by atoms with Gasteiger partial charge in [-0.2, -0.15) is 13.2 Å². The number of halogens is 3. The van der Waals surface area contributed by atoms with Gasteiger partial charge in [-0.05, 0) is 12.3 Å². The number of alkyl halides is 3. The smallest absolute Gasteiger partial charge is 0.171 e. The van der Waals surface area contributed by atoms with Crippen LogP contribution in [0, 0.1) is 11.3 Å². The first-order valence-electron chi connectivity index (χ1n) is 2.94. The van der Waals surface area contributed by atoms with E-state index in [4.69, 9.17) is 0 Å². The lowest BCUT2D eigenvalue weighted by Gasteiger charge is -2.13. The maximum atomic E-state index is 11.9. The lowest BCUT2D eigenvalue weighted by Crippen LogP contribution is -2.22. The van der Waals surface area contributed by atoms with Gasteiger partial charge in [-0.15, -0.1) is 0 Å². The molecule has 0 radical (unpaired) electrons. The van der Waals surface area contributed by atoms with Crippen LogP contribution in [0.5, 0.6) is 0 Å². The molecule has 1 fully saturated rings. The molecule has 2 atom stereocenters. The third kappa shape index (κ3) is 0.825. The summed E-state index contributed by atoms with van der Waals surface area (Å²) in [6, 6.07) is 0. The zero-order valence-corrected chi connectivity index (χ0v) is 5.42. The Morgan fingerprint density at radius 3 is 1.78 bits per heavy atom. The minimum absolute atomic E-state index is 0.169. The van der Waals surface area contributed by atoms with Crippen molar-refractivity contribution in [1.29, 1.82) is 0 Å². The molecule has 0 aromatic rings. The van der Waals surface area contributed by atoms with Gasteiger partial charge < -0.3 is 0 Å². The molecule has 0 nitrogen and oxygen atoms in total.